The van der Waals surface area contributed by atoms with E-state index in [0.29, 0.717) is 6.54 Å². The summed E-state index contributed by atoms with van der Waals surface area (Å²) >= 11 is 0. The van der Waals surface area contributed by atoms with Crippen molar-refractivity contribution in [2.45, 2.75) is 6.54 Å². The number of methoxy groups -OCH3 is 2. The molecule has 3 aromatic rings. The lowest BCUT2D eigenvalue weighted by atomic mass is 10.1. The molecule has 0 spiro atoms. The SMILES string of the molecule is COc1ccc(CNc2ncc(-c3ccc4c(c3)OCO4)n2C)c(OC)c1. The minimum absolute atomic E-state index is 0.265. The van der Waals surface area contributed by atoms with Crippen molar-refractivity contribution in [3.63, 3.8) is 0 Å². The maximum Gasteiger partial charge on any atom is 0.231 e. The van der Waals surface area contributed by atoms with Crippen molar-refractivity contribution in [1.82, 2.24) is 9.55 Å². The Bertz CT molecular complexity index is 968. The largest absolute Gasteiger partial charge is 0.497 e. The van der Waals surface area contributed by atoms with Gasteiger partial charge in [0.2, 0.25) is 12.7 Å². The highest BCUT2D eigenvalue weighted by Crippen LogP contribution is 2.36. The van der Waals surface area contributed by atoms with Gasteiger partial charge in [0.1, 0.15) is 11.5 Å². The summed E-state index contributed by atoms with van der Waals surface area (Å²) < 4.78 is 23.5. The van der Waals surface area contributed by atoms with Gasteiger partial charge in [-0.15, -0.1) is 0 Å². The smallest absolute Gasteiger partial charge is 0.231 e. The van der Waals surface area contributed by atoms with Gasteiger partial charge in [-0.3, -0.25) is 0 Å². The number of anilines is 1. The van der Waals surface area contributed by atoms with Gasteiger partial charge in [-0.2, -0.15) is 0 Å². The molecule has 140 valence electrons. The van der Waals surface area contributed by atoms with E-state index in [2.05, 4.69) is 10.3 Å². The predicted octanol–water partition coefficient (Wildman–Crippen LogP) is 3.45. The number of benzene rings is 2. The van der Waals surface area contributed by atoms with Crippen LogP contribution in [0, 0.1) is 0 Å². The number of aromatic nitrogens is 2. The van der Waals surface area contributed by atoms with Gasteiger partial charge in [-0.05, 0) is 30.3 Å². The summed E-state index contributed by atoms with van der Waals surface area (Å²) in [6.45, 7) is 0.847. The predicted molar refractivity (Wildman–Crippen MR) is 102 cm³/mol. The molecule has 1 aliphatic rings. The highest BCUT2D eigenvalue weighted by atomic mass is 16.7. The Morgan fingerprint density at radius 3 is 2.74 bits per heavy atom. The molecule has 2 aromatic carbocycles. The molecule has 0 amide bonds. The number of nitrogens with zero attached hydrogens (tertiary/aromatic N) is 2. The van der Waals surface area contributed by atoms with E-state index >= 15 is 0 Å². The van der Waals surface area contributed by atoms with Crippen LogP contribution < -0.4 is 24.3 Å². The van der Waals surface area contributed by atoms with Crippen molar-refractivity contribution < 1.29 is 18.9 Å². The van der Waals surface area contributed by atoms with Crippen molar-refractivity contribution in [2.24, 2.45) is 7.05 Å². The first-order chi connectivity index (χ1) is 13.2. The van der Waals surface area contributed by atoms with Crippen molar-refractivity contribution in [3.05, 3.63) is 48.2 Å². The van der Waals surface area contributed by atoms with Gasteiger partial charge in [-0.25, -0.2) is 4.98 Å². The van der Waals surface area contributed by atoms with Gasteiger partial charge in [0.05, 0.1) is 26.1 Å². The monoisotopic (exact) mass is 367 g/mol. The number of imidazole rings is 1. The van der Waals surface area contributed by atoms with Crippen molar-refractivity contribution in [1.29, 1.82) is 0 Å². The summed E-state index contributed by atoms with van der Waals surface area (Å²) in [5, 5.41) is 3.36. The number of hydrogen-bond donors (Lipinski definition) is 1. The molecule has 4 rings (SSSR count). The second kappa shape index (κ2) is 7.11. The first kappa shape index (κ1) is 17.1. The molecule has 7 heteroatoms. The van der Waals surface area contributed by atoms with Gasteiger partial charge in [0.15, 0.2) is 11.5 Å². The Kier molecular flexibility index (Phi) is 4.50. The first-order valence-electron chi connectivity index (χ1n) is 8.56. The number of nitrogens with one attached hydrogen (secondary N) is 1. The average Bonchev–Trinajstić information content (AvgIpc) is 3.32. The highest BCUT2D eigenvalue weighted by molar-refractivity contribution is 5.66. The zero-order valence-corrected chi connectivity index (χ0v) is 15.5. The van der Waals surface area contributed by atoms with E-state index in [1.54, 1.807) is 14.2 Å². The summed E-state index contributed by atoms with van der Waals surface area (Å²) in [6.07, 6.45) is 1.84. The van der Waals surface area contributed by atoms with Crippen LogP contribution in [-0.2, 0) is 13.6 Å². The standard InChI is InChI=1S/C20H21N3O4/c1-23-16(13-5-7-17-19(8-13)27-12-26-17)11-22-20(23)21-10-14-4-6-15(24-2)9-18(14)25-3/h4-9,11H,10,12H2,1-3H3,(H,21,22). The van der Waals surface area contributed by atoms with Crippen molar-refractivity contribution in [2.75, 3.05) is 26.3 Å². The fourth-order valence-electron chi connectivity index (χ4n) is 3.07. The molecule has 0 fully saturated rings. The van der Waals surface area contributed by atoms with Crippen LogP contribution in [0.3, 0.4) is 0 Å². The van der Waals surface area contributed by atoms with Crippen LogP contribution in [0.5, 0.6) is 23.0 Å². The molecule has 1 aromatic heterocycles. The molecule has 0 aliphatic carbocycles. The molecular weight excluding hydrogens is 346 g/mol. The Morgan fingerprint density at radius 1 is 1.07 bits per heavy atom. The fourth-order valence-corrected chi connectivity index (χ4v) is 3.07. The van der Waals surface area contributed by atoms with Crippen LogP contribution in [0.15, 0.2) is 42.6 Å². The molecule has 1 N–H and O–H groups in total. The van der Waals surface area contributed by atoms with Crippen LogP contribution in [0.25, 0.3) is 11.3 Å². The second-order valence-electron chi connectivity index (χ2n) is 6.13. The number of fused-ring (bicyclic) bond motifs is 1. The topological polar surface area (TPSA) is 66.8 Å². The zero-order chi connectivity index (χ0) is 18.8. The van der Waals surface area contributed by atoms with Crippen molar-refractivity contribution in [3.8, 4) is 34.3 Å². The van der Waals surface area contributed by atoms with Crippen LogP contribution in [-0.4, -0.2) is 30.6 Å². The Morgan fingerprint density at radius 2 is 1.93 bits per heavy atom. The minimum Gasteiger partial charge on any atom is -0.497 e. The van der Waals surface area contributed by atoms with E-state index in [4.69, 9.17) is 18.9 Å². The number of rotatable bonds is 6. The van der Waals surface area contributed by atoms with Crippen LogP contribution in [0.1, 0.15) is 5.56 Å². The molecule has 7 nitrogen and oxygen atoms in total. The van der Waals surface area contributed by atoms with E-state index in [9.17, 15) is 0 Å². The highest BCUT2D eigenvalue weighted by Gasteiger charge is 2.16. The molecule has 0 unspecified atom stereocenters. The maximum absolute atomic E-state index is 5.47. The Hall–Kier alpha value is -3.35. The van der Waals surface area contributed by atoms with E-state index in [-0.39, 0.29) is 6.79 Å². The van der Waals surface area contributed by atoms with Gasteiger partial charge >= 0.3 is 0 Å². The molecule has 0 saturated heterocycles. The molecular formula is C20H21N3O4. The summed E-state index contributed by atoms with van der Waals surface area (Å²) in [5.41, 5.74) is 3.02. The Balaban J connectivity index is 1.53. The van der Waals surface area contributed by atoms with E-state index in [1.807, 2.05) is 54.2 Å². The molecule has 0 bridgehead atoms. The minimum atomic E-state index is 0.265. The fraction of sp³-hybridized carbons (Fsp3) is 0.250. The normalized spacial score (nSPS) is 12.1. The quantitative estimate of drug-likeness (QED) is 0.720. The summed E-state index contributed by atoms with van der Waals surface area (Å²) in [5.74, 6) is 3.82. The summed E-state index contributed by atoms with van der Waals surface area (Å²) in [4.78, 5) is 4.50. The maximum atomic E-state index is 5.47. The number of ether oxygens (including phenoxy) is 4. The van der Waals surface area contributed by atoms with Crippen molar-refractivity contribution >= 4 is 5.95 Å². The summed E-state index contributed by atoms with van der Waals surface area (Å²) in [7, 11) is 5.26. The van der Waals surface area contributed by atoms with Gasteiger partial charge < -0.3 is 28.8 Å². The lowest BCUT2D eigenvalue weighted by Gasteiger charge is -2.12. The molecule has 0 atom stereocenters. The first-order valence-corrected chi connectivity index (χ1v) is 8.56. The van der Waals surface area contributed by atoms with E-state index in [0.717, 1.165) is 45.8 Å². The average molecular weight is 367 g/mol. The van der Waals surface area contributed by atoms with Gasteiger partial charge in [-0.1, -0.05) is 0 Å². The third-order valence-corrected chi connectivity index (χ3v) is 4.59. The third-order valence-electron chi connectivity index (χ3n) is 4.59. The lowest BCUT2D eigenvalue weighted by Crippen LogP contribution is -2.07. The Labute approximate surface area is 157 Å². The molecule has 27 heavy (non-hydrogen) atoms. The molecule has 0 saturated carbocycles. The molecule has 2 heterocycles. The summed E-state index contributed by atoms with van der Waals surface area (Å²) in [6, 6.07) is 11.6. The molecule has 1 aliphatic heterocycles. The van der Waals surface area contributed by atoms with Crippen LogP contribution in [0.4, 0.5) is 5.95 Å². The van der Waals surface area contributed by atoms with E-state index in [1.165, 1.54) is 0 Å². The van der Waals surface area contributed by atoms with Crippen LogP contribution >= 0.6 is 0 Å². The third kappa shape index (κ3) is 3.23. The zero-order valence-electron chi connectivity index (χ0n) is 15.5. The van der Waals surface area contributed by atoms with Crippen LogP contribution in [0.2, 0.25) is 0 Å². The van der Waals surface area contributed by atoms with Gasteiger partial charge in [0.25, 0.3) is 0 Å². The second-order valence-corrected chi connectivity index (χ2v) is 6.13. The van der Waals surface area contributed by atoms with E-state index < -0.39 is 0 Å². The number of hydrogen-bond acceptors (Lipinski definition) is 6. The molecule has 0 radical (unpaired) electrons. The lowest BCUT2D eigenvalue weighted by molar-refractivity contribution is 0.174. The van der Waals surface area contributed by atoms with Gasteiger partial charge in [0, 0.05) is 30.8 Å².